The van der Waals surface area contributed by atoms with E-state index in [1.807, 2.05) is 18.2 Å². The molecule has 0 aliphatic carbocycles. The molecule has 1 aliphatic rings. The summed E-state index contributed by atoms with van der Waals surface area (Å²) in [6.07, 6.45) is 0. The molecular weight excluding hydrogens is 378 g/mol. The second-order valence-electron chi connectivity index (χ2n) is 6.35. The van der Waals surface area contributed by atoms with Crippen LogP contribution < -0.4 is 10.6 Å². The van der Waals surface area contributed by atoms with Gasteiger partial charge in [-0.3, -0.25) is 19.3 Å². The lowest BCUT2D eigenvalue weighted by Gasteiger charge is -2.26. The summed E-state index contributed by atoms with van der Waals surface area (Å²) < 4.78 is 5.27. The van der Waals surface area contributed by atoms with Gasteiger partial charge < -0.3 is 15.4 Å². The first-order valence-electron chi connectivity index (χ1n) is 9.18. The van der Waals surface area contributed by atoms with Gasteiger partial charge in [0.2, 0.25) is 5.78 Å². The molecule has 8 heteroatoms. The Bertz CT molecular complexity index is 816. The zero-order chi connectivity index (χ0) is 19.8. The number of morpholine rings is 1. The molecule has 148 valence electrons. The Morgan fingerprint density at radius 1 is 0.964 bits per heavy atom. The summed E-state index contributed by atoms with van der Waals surface area (Å²) in [5.74, 6) is -1.37. The van der Waals surface area contributed by atoms with Gasteiger partial charge in [-0.05, 0) is 12.1 Å². The predicted molar refractivity (Wildman–Crippen MR) is 106 cm³/mol. The lowest BCUT2D eigenvalue weighted by Crippen LogP contribution is -2.44. The fourth-order valence-corrected chi connectivity index (χ4v) is 3.72. The van der Waals surface area contributed by atoms with Gasteiger partial charge in [0.15, 0.2) is 0 Å². The predicted octanol–water partition coefficient (Wildman–Crippen LogP) is 1.04. The Kier molecular flexibility index (Phi) is 7.30. The maximum Gasteiger partial charge on any atom is 0.309 e. The summed E-state index contributed by atoms with van der Waals surface area (Å²) >= 11 is 1.31. The molecule has 0 saturated carbocycles. The first-order chi connectivity index (χ1) is 13.6. The average Bonchev–Trinajstić information content (AvgIpc) is 3.22. The Labute approximate surface area is 167 Å². The number of amides is 2. The molecule has 2 amide bonds. The second-order valence-corrected chi connectivity index (χ2v) is 7.52. The summed E-state index contributed by atoms with van der Waals surface area (Å²) in [4.78, 5) is 39.8. The summed E-state index contributed by atoms with van der Waals surface area (Å²) in [7, 11) is 0. The van der Waals surface area contributed by atoms with E-state index >= 15 is 0 Å². The highest BCUT2D eigenvalue weighted by molar-refractivity contribution is 7.14. The van der Waals surface area contributed by atoms with Crippen LogP contribution in [-0.2, 0) is 20.9 Å². The molecule has 0 unspecified atom stereocenters. The third-order valence-corrected chi connectivity index (χ3v) is 5.45. The van der Waals surface area contributed by atoms with Gasteiger partial charge in [0, 0.05) is 36.6 Å². The van der Waals surface area contributed by atoms with Crippen LogP contribution in [0.3, 0.4) is 0 Å². The van der Waals surface area contributed by atoms with Crippen LogP contribution in [-0.4, -0.2) is 61.9 Å². The Balaban J connectivity index is 1.41. The molecular formula is C20H23N3O4S. The van der Waals surface area contributed by atoms with Crippen molar-refractivity contribution in [3.8, 4) is 0 Å². The van der Waals surface area contributed by atoms with Crippen molar-refractivity contribution in [3.05, 3.63) is 57.8 Å². The average molecular weight is 401 g/mol. The van der Waals surface area contributed by atoms with Crippen LogP contribution in [0.1, 0.15) is 20.1 Å². The topological polar surface area (TPSA) is 87.7 Å². The van der Waals surface area contributed by atoms with E-state index in [0.29, 0.717) is 36.7 Å². The van der Waals surface area contributed by atoms with Crippen LogP contribution in [0.25, 0.3) is 0 Å². The lowest BCUT2D eigenvalue weighted by molar-refractivity contribution is -0.139. The number of carbonyl (C=O) groups is 3. The maximum atomic E-state index is 12.4. The quantitative estimate of drug-likeness (QED) is 0.535. The molecule has 28 heavy (non-hydrogen) atoms. The highest BCUT2D eigenvalue weighted by atomic mass is 32.1. The normalized spacial score (nSPS) is 14.4. The van der Waals surface area contributed by atoms with Gasteiger partial charge in [-0.1, -0.05) is 30.3 Å². The van der Waals surface area contributed by atoms with Gasteiger partial charge in [0.1, 0.15) is 0 Å². The van der Waals surface area contributed by atoms with E-state index in [1.54, 1.807) is 24.3 Å². The summed E-state index contributed by atoms with van der Waals surface area (Å²) in [5, 5.41) is 5.22. The number of hydrogen-bond acceptors (Lipinski definition) is 6. The number of thiophene rings is 1. The number of nitrogens with zero attached hydrogens (tertiary/aromatic N) is 1. The highest BCUT2D eigenvalue weighted by Crippen LogP contribution is 2.20. The molecule has 3 rings (SSSR count). The standard InChI is InChI=1S/C20H23N3O4S/c24-18(15-4-2-1-3-5-15)17-7-6-16(28-17)14-22-20(26)19(25)21-8-9-23-10-12-27-13-11-23/h1-7H,8-14H2,(H,21,25)(H,22,26). The van der Waals surface area contributed by atoms with E-state index in [1.165, 1.54) is 11.3 Å². The zero-order valence-corrected chi connectivity index (χ0v) is 16.3. The van der Waals surface area contributed by atoms with E-state index in [2.05, 4.69) is 15.5 Å². The number of benzene rings is 1. The largest absolute Gasteiger partial charge is 0.379 e. The van der Waals surface area contributed by atoms with Crippen molar-refractivity contribution in [2.75, 3.05) is 39.4 Å². The molecule has 1 saturated heterocycles. The van der Waals surface area contributed by atoms with Crippen molar-refractivity contribution < 1.29 is 19.1 Å². The molecule has 1 fully saturated rings. The summed E-state index contributed by atoms with van der Waals surface area (Å²) in [6.45, 7) is 4.39. The molecule has 1 aromatic carbocycles. The number of ether oxygens (including phenoxy) is 1. The lowest BCUT2D eigenvalue weighted by atomic mass is 10.1. The molecule has 0 bridgehead atoms. The van der Waals surface area contributed by atoms with Crippen molar-refractivity contribution in [2.45, 2.75) is 6.54 Å². The van der Waals surface area contributed by atoms with Crippen molar-refractivity contribution in [1.82, 2.24) is 15.5 Å². The SMILES string of the molecule is O=C(NCCN1CCOCC1)C(=O)NCc1ccc(C(=O)c2ccccc2)s1. The van der Waals surface area contributed by atoms with Crippen LogP contribution in [0.15, 0.2) is 42.5 Å². The first-order valence-corrected chi connectivity index (χ1v) is 10.00. The van der Waals surface area contributed by atoms with Gasteiger partial charge in [-0.15, -0.1) is 11.3 Å². The monoisotopic (exact) mass is 401 g/mol. The summed E-state index contributed by atoms with van der Waals surface area (Å²) in [6, 6.07) is 12.6. The number of nitrogens with one attached hydrogen (secondary N) is 2. The van der Waals surface area contributed by atoms with E-state index in [9.17, 15) is 14.4 Å². The summed E-state index contributed by atoms with van der Waals surface area (Å²) in [5.41, 5.74) is 0.625. The molecule has 0 radical (unpaired) electrons. The van der Waals surface area contributed by atoms with E-state index < -0.39 is 11.8 Å². The molecule has 7 nitrogen and oxygen atoms in total. The highest BCUT2D eigenvalue weighted by Gasteiger charge is 2.16. The number of hydrogen-bond donors (Lipinski definition) is 2. The minimum atomic E-state index is -0.675. The van der Waals surface area contributed by atoms with E-state index in [4.69, 9.17) is 4.74 Å². The molecule has 2 N–H and O–H groups in total. The molecule has 1 aliphatic heterocycles. The molecule has 2 aromatic rings. The molecule has 0 spiro atoms. The minimum absolute atomic E-state index is 0.0518. The van der Waals surface area contributed by atoms with Crippen LogP contribution in [0, 0.1) is 0 Å². The fraction of sp³-hybridized carbons (Fsp3) is 0.350. The molecule has 1 aromatic heterocycles. The Morgan fingerprint density at radius 2 is 1.68 bits per heavy atom. The number of carbonyl (C=O) groups excluding carboxylic acids is 3. The zero-order valence-electron chi connectivity index (χ0n) is 15.5. The first kappa shape index (κ1) is 20.2. The second kappa shape index (κ2) is 10.1. The maximum absolute atomic E-state index is 12.4. The third kappa shape index (κ3) is 5.72. The fourth-order valence-electron chi connectivity index (χ4n) is 2.81. The Morgan fingerprint density at radius 3 is 2.43 bits per heavy atom. The minimum Gasteiger partial charge on any atom is -0.379 e. The van der Waals surface area contributed by atoms with Crippen molar-refractivity contribution in [3.63, 3.8) is 0 Å². The molecule has 0 atom stereocenters. The van der Waals surface area contributed by atoms with Gasteiger partial charge in [0.05, 0.1) is 24.6 Å². The van der Waals surface area contributed by atoms with Gasteiger partial charge >= 0.3 is 11.8 Å². The van der Waals surface area contributed by atoms with Crippen molar-refractivity contribution in [1.29, 1.82) is 0 Å². The van der Waals surface area contributed by atoms with Crippen LogP contribution in [0.5, 0.6) is 0 Å². The van der Waals surface area contributed by atoms with Crippen molar-refractivity contribution in [2.24, 2.45) is 0 Å². The van der Waals surface area contributed by atoms with E-state index in [0.717, 1.165) is 18.0 Å². The molecule has 2 heterocycles. The van der Waals surface area contributed by atoms with Gasteiger partial charge in [0.25, 0.3) is 0 Å². The van der Waals surface area contributed by atoms with E-state index in [-0.39, 0.29) is 12.3 Å². The number of rotatable bonds is 7. The van der Waals surface area contributed by atoms with Gasteiger partial charge in [-0.2, -0.15) is 0 Å². The van der Waals surface area contributed by atoms with Crippen LogP contribution >= 0.6 is 11.3 Å². The Hall–Kier alpha value is -2.55. The van der Waals surface area contributed by atoms with Crippen molar-refractivity contribution >= 4 is 28.9 Å². The van der Waals surface area contributed by atoms with Crippen LogP contribution in [0.2, 0.25) is 0 Å². The third-order valence-electron chi connectivity index (χ3n) is 4.37. The van der Waals surface area contributed by atoms with Gasteiger partial charge in [-0.25, -0.2) is 0 Å². The number of ketones is 1. The smallest absolute Gasteiger partial charge is 0.309 e. The van der Waals surface area contributed by atoms with Crippen LogP contribution in [0.4, 0.5) is 0 Å².